The van der Waals surface area contributed by atoms with Crippen LogP contribution in [0.3, 0.4) is 0 Å². The van der Waals surface area contributed by atoms with Crippen molar-refractivity contribution in [3.8, 4) is 0 Å². The summed E-state index contributed by atoms with van der Waals surface area (Å²) in [4.78, 5) is 15.4. The van der Waals surface area contributed by atoms with Crippen molar-refractivity contribution < 1.29 is 4.79 Å². The van der Waals surface area contributed by atoms with Gasteiger partial charge < -0.3 is 4.90 Å². The molecule has 1 saturated carbocycles. The zero-order chi connectivity index (χ0) is 14.7. The number of nitrogens with one attached hydrogen (secondary N) is 1. The third-order valence-corrected chi connectivity index (χ3v) is 5.51. The smallest absolute Gasteiger partial charge is 0.238 e. The van der Waals surface area contributed by atoms with Crippen LogP contribution >= 0.6 is 11.8 Å². The van der Waals surface area contributed by atoms with Crippen molar-refractivity contribution in [2.45, 2.75) is 43.2 Å². The number of benzene rings is 1. The third kappa shape index (κ3) is 3.43. The van der Waals surface area contributed by atoms with Gasteiger partial charge in [-0.1, -0.05) is 37.8 Å². The second-order valence-electron chi connectivity index (χ2n) is 6.08. The van der Waals surface area contributed by atoms with Crippen molar-refractivity contribution in [2.24, 2.45) is 5.92 Å². The van der Waals surface area contributed by atoms with E-state index in [1.54, 1.807) is 11.8 Å². The quantitative estimate of drug-likeness (QED) is 0.846. The van der Waals surface area contributed by atoms with Crippen molar-refractivity contribution in [3.63, 3.8) is 0 Å². The Morgan fingerprint density at radius 3 is 2.62 bits per heavy atom. The molecule has 21 heavy (non-hydrogen) atoms. The van der Waals surface area contributed by atoms with E-state index in [1.807, 2.05) is 4.90 Å². The van der Waals surface area contributed by atoms with Crippen LogP contribution in [-0.2, 0) is 4.79 Å². The van der Waals surface area contributed by atoms with Gasteiger partial charge in [-0.3, -0.25) is 10.1 Å². The van der Waals surface area contributed by atoms with Crippen LogP contribution in [0.2, 0.25) is 0 Å². The van der Waals surface area contributed by atoms with E-state index < -0.39 is 0 Å². The Hall–Kier alpha value is -1.00. The summed E-state index contributed by atoms with van der Waals surface area (Å²) in [6.07, 6.45) is 8.75. The molecule has 1 unspecified atom stereocenters. The predicted octanol–water partition coefficient (Wildman–Crippen LogP) is 3.42. The highest BCUT2D eigenvalue weighted by molar-refractivity contribution is 7.98. The van der Waals surface area contributed by atoms with Gasteiger partial charge in [0.05, 0.1) is 6.54 Å². The third-order valence-electron chi connectivity index (χ3n) is 4.76. The summed E-state index contributed by atoms with van der Waals surface area (Å²) in [5.41, 5.74) is 1.20. The van der Waals surface area contributed by atoms with Gasteiger partial charge in [0.1, 0.15) is 6.17 Å². The molecule has 0 bridgehead atoms. The summed E-state index contributed by atoms with van der Waals surface area (Å²) in [7, 11) is 0. The minimum atomic E-state index is 0.0646. The molecule has 1 aliphatic heterocycles. The van der Waals surface area contributed by atoms with Crippen LogP contribution in [0.1, 0.15) is 43.8 Å². The molecular formula is C17H24N2OS. The maximum atomic E-state index is 12.1. The largest absolute Gasteiger partial charge is 0.322 e. The van der Waals surface area contributed by atoms with Crippen LogP contribution in [-0.4, -0.2) is 30.2 Å². The minimum Gasteiger partial charge on any atom is -0.322 e. The normalized spacial score (nSPS) is 23.2. The SMILES string of the molecule is CSc1ccc(C2NCC(=O)N2CCC2CCCC2)cc1. The topological polar surface area (TPSA) is 32.3 Å². The lowest BCUT2D eigenvalue weighted by molar-refractivity contribution is -0.128. The number of rotatable bonds is 5. The monoisotopic (exact) mass is 304 g/mol. The van der Waals surface area contributed by atoms with Crippen LogP contribution in [0.4, 0.5) is 0 Å². The fourth-order valence-corrected chi connectivity index (χ4v) is 3.91. The van der Waals surface area contributed by atoms with Crippen molar-refractivity contribution in [1.82, 2.24) is 10.2 Å². The summed E-state index contributed by atoms with van der Waals surface area (Å²) >= 11 is 1.75. The van der Waals surface area contributed by atoms with Gasteiger partial charge in [-0.05, 0) is 36.3 Å². The van der Waals surface area contributed by atoms with E-state index in [9.17, 15) is 4.79 Å². The molecule has 3 nitrogen and oxygen atoms in total. The van der Waals surface area contributed by atoms with Gasteiger partial charge >= 0.3 is 0 Å². The average molecular weight is 304 g/mol. The van der Waals surface area contributed by atoms with Crippen molar-refractivity contribution in [3.05, 3.63) is 29.8 Å². The van der Waals surface area contributed by atoms with E-state index in [-0.39, 0.29) is 12.1 Å². The molecule has 2 aliphatic rings. The molecule has 1 aromatic carbocycles. The van der Waals surface area contributed by atoms with E-state index in [1.165, 1.54) is 36.1 Å². The summed E-state index contributed by atoms with van der Waals surface area (Å²) in [6.45, 7) is 1.37. The Kier molecular flexibility index (Phi) is 4.86. The fraction of sp³-hybridized carbons (Fsp3) is 0.588. The van der Waals surface area contributed by atoms with Gasteiger partial charge in [-0.2, -0.15) is 0 Å². The molecule has 1 aliphatic carbocycles. The average Bonchev–Trinajstić information content (AvgIpc) is 3.15. The first-order valence-electron chi connectivity index (χ1n) is 7.95. The Bertz CT molecular complexity index is 482. The number of nitrogens with zero attached hydrogens (tertiary/aromatic N) is 1. The van der Waals surface area contributed by atoms with Gasteiger partial charge in [-0.15, -0.1) is 11.8 Å². The number of hydrogen-bond acceptors (Lipinski definition) is 3. The molecule has 1 saturated heterocycles. The summed E-state index contributed by atoms with van der Waals surface area (Å²) < 4.78 is 0. The highest BCUT2D eigenvalue weighted by atomic mass is 32.2. The number of thioether (sulfide) groups is 1. The van der Waals surface area contributed by atoms with Crippen molar-refractivity contribution in [2.75, 3.05) is 19.3 Å². The van der Waals surface area contributed by atoms with E-state index in [0.29, 0.717) is 6.54 Å². The van der Waals surface area contributed by atoms with Crippen LogP contribution < -0.4 is 5.32 Å². The number of amides is 1. The second-order valence-corrected chi connectivity index (χ2v) is 6.96. The highest BCUT2D eigenvalue weighted by Gasteiger charge is 2.31. The zero-order valence-corrected chi connectivity index (χ0v) is 13.5. The molecule has 4 heteroatoms. The minimum absolute atomic E-state index is 0.0646. The predicted molar refractivity (Wildman–Crippen MR) is 87.3 cm³/mol. The lowest BCUT2D eigenvalue weighted by atomic mass is 10.0. The summed E-state index contributed by atoms with van der Waals surface area (Å²) in [5.74, 6) is 1.07. The van der Waals surface area contributed by atoms with Crippen LogP contribution in [0, 0.1) is 5.92 Å². The van der Waals surface area contributed by atoms with Gasteiger partial charge in [0.2, 0.25) is 5.91 Å². The molecule has 0 spiro atoms. The Morgan fingerprint density at radius 1 is 1.24 bits per heavy atom. The molecule has 3 rings (SSSR count). The maximum Gasteiger partial charge on any atom is 0.238 e. The first kappa shape index (κ1) is 14.9. The van der Waals surface area contributed by atoms with E-state index in [4.69, 9.17) is 0 Å². The zero-order valence-electron chi connectivity index (χ0n) is 12.7. The Balaban J connectivity index is 1.65. The molecule has 1 N–H and O–H groups in total. The van der Waals surface area contributed by atoms with E-state index >= 15 is 0 Å². The first-order chi connectivity index (χ1) is 10.3. The van der Waals surface area contributed by atoms with E-state index in [0.717, 1.165) is 18.9 Å². The molecule has 1 aromatic rings. The molecule has 1 atom stereocenters. The standard InChI is InChI=1S/C17H24N2OS/c1-21-15-8-6-14(7-9-15)17-18-12-16(20)19(17)11-10-13-4-2-3-5-13/h6-9,13,17-18H,2-5,10-12H2,1H3. The van der Waals surface area contributed by atoms with Gasteiger partial charge in [0.25, 0.3) is 0 Å². The molecule has 0 radical (unpaired) electrons. The lowest BCUT2D eigenvalue weighted by Gasteiger charge is -2.26. The molecule has 2 fully saturated rings. The maximum absolute atomic E-state index is 12.1. The Morgan fingerprint density at radius 2 is 1.95 bits per heavy atom. The van der Waals surface area contributed by atoms with Gasteiger partial charge in [-0.25, -0.2) is 0 Å². The summed E-state index contributed by atoms with van der Waals surface area (Å²) in [5, 5.41) is 3.36. The van der Waals surface area contributed by atoms with Crippen molar-refractivity contribution >= 4 is 17.7 Å². The van der Waals surface area contributed by atoms with Crippen LogP contribution in [0.15, 0.2) is 29.2 Å². The second kappa shape index (κ2) is 6.84. The van der Waals surface area contributed by atoms with Gasteiger partial charge in [0, 0.05) is 11.4 Å². The highest BCUT2D eigenvalue weighted by Crippen LogP contribution is 2.30. The fourth-order valence-electron chi connectivity index (χ4n) is 3.50. The molecule has 1 amide bonds. The summed E-state index contributed by atoms with van der Waals surface area (Å²) in [6, 6.07) is 8.56. The lowest BCUT2D eigenvalue weighted by Crippen LogP contribution is -2.32. The number of carbonyl (C=O) groups excluding carboxylic acids is 1. The molecular weight excluding hydrogens is 280 g/mol. The van der Waals surface area contributed by atoms with Crippen LogP contribution in [0.5, 0.6) is 0 Å². The van der Waals surface area contributed by atoms with Gasteiger partial charge in [0.15, 0.2) is 0 Å². The molecule has 1 heterocycles. The molecule has 114 valence electrons. The van der Waals surface area contributed by atoms with Crippen LogP contribution in [0.25, 0.3) is 0 Å². The molecule has 0 aromatic heterocycles. The van der Waals surface area contributed by atoms with E-state index in [2.05, 4.69) is 35.8 Å². The Labute approximate surface area is 131 Å². The van der Waals surface area contributed by atoms with Crippen molar-refractivity contribution in [1.29, 1.82) is 0 Å². The first-order valence-corrected chi connectivity index (χ1v) is 9.17. The number of hydrogen-bond donors (Lipinski definition) is 1. The number of carbonyl (C=O) groups is 1.